The molecule has 4 heteroatoms. The maximum absolute atomic E-state index is 12.2. The van der Waals surface area contributed by atoms with Gasteiger partial charge in [-0.25, -0.2) is 0 Å². The highest BCUT2D eigenvalue weighted by Gasteiger charge is 2.34. The second kappa shape index (κ2) is 5.17. The Morgan fingerprint density at radius 1 is 1.17 bits per heavy atom. The molecule has 2 unspecified atom stereocenters. The molecule has 1 saturated carbocycles. The molecule has 0 spiro atoms. The molecular formula is C14H25N3O. The van der Waals surface area contributed by atoms with Crippen molar-refractivity contribution in [3.8, 4) is 0 Å². The molecule has 0 bridgehead atoms. The molecule has 0 aromatic rings. The molecule has 18 heavy (non-hydrogen) atoms. The van der Waals surface area contributed by atoms with Crippen LogP contribution in [0, 0.1) is 11.8 Å². The molecule has 3 fully saturated rings. The first-order chi connectivity index (χ1) is 8.74. The number of rotatable bonds is 3. The molecule has 2 atom stereocenters. The molecule has 2 saturated heterocycles. The number of nitrogens with one attached hydrogen (secondary N) is 2. The predicted molar refractivity (Wildman–Crippen MR) is 71.3 cm³/mol. The lowest BCUT2D eigenvalue weighted by atomic mass is 9.96. The van der Waals surface area contributed by atoms with Gasteiger partial charge in [-0.1, -0.05) is 6.92 Å². The van der Waals surface area contributed by atoms with Crippen molar-refractivity contribution in [2.24, 2.45) is 11.8 Å². The molecule has 0 radical (unpaired) electrons. The quantitative estimate of drug-likeness (QED) is 0.771. The van der Waals surface area contributed by atoms with Gasteiger partial charge in [0.05, 0.1) is 5.92 Å². The summed E-state index contributed by atoms with van der Waals surface area (Å²) in [7, 11) is 0. The van der Waals surface area contributed by atoms with Gasteiger partial charge < -0.3 is 15.5 Å². The minimum Gasteiger partial charge on any atom is -0.353 e. The number of hydrogen-bond donors (Lipinski definition) is 2. The van der Waals surface area contributed by atoms with E-state index in [1.165, 1.54) is 25.9 Å². The summed E-state index contributed by atoms with van der Waals surface area (Å²) in [5.41, 5.74) is 0. The van der Waals surface area contributed by atoms with Gasteiger partial charge in [-0.15, -0.1) is 0 Å². The topological polar surface area (TPSA) is 44.4 Å². The Morgan fingerprint density at radius 3 is 2.44 bits per heavy atom. The van der Waals surface area contributed by atoms with E-state index in [0.717, 1.165) is 32.0 Å². The van der Waals surface area contributed by atoms with Crippen LogP contribution in [0.3, 0.4) is 0 Å². The Morgan fingerprint density at radius 2 is 1.89 bits per heavy atom. The summed E-state index contributed by atoms with van der Waals surface area (Å²) in [6.45, 7) is 6.36. The molecule has 2 aliphatic heterocycles. The number of carbonyl (C=O) groups is 1. The van der Waals surface area contributed by atoms with Gasteiger partial charge in [-0.3, -0.25) is 4.79 Å². The molecule has 3 aliphatic rings. The van der Waals surface area contributed by atoms with Crippen LogP contribution in [-0.4, -0.2) is 49.1 Å². The molecule has 102 valence electrons. The van der Waals surface area contributed by atoms with Gasteiger partial charge in [-0.05, 0) is 38.1 Å². The van der Waals surface area contributed by atoms with Gasteiger partial charge in [0.2, 0.25) is 5.91 Å². The van der Waals surface area contributed by atoms with Crippen molar-refractivity contribution in [3.05, 3.63) is 0 Å². The highest BCUT2D eigenvalue weighted by atomic mass is 16.2. The Balaban J connectivity index is 1.44. The third-order valence-electron chi connectivity index (χ3n) is 4.79. The van der Waals surface area contributed by atoms with Crippen LogP contribution >= 0.6 is 0 Å². The third kappa shape index (κ3) is 2.69. The lowest BCUT2D eigenvalue weighted by Crippen LogP contribution is -2.47. The summed E-state index contributed by atoms with van der Waals surface area (Å²) in [5, 5.41) is 6.57. The van der Waals surface area contributed by atoms with Gasteiger partial charge in [0.25, 0.3) is 0 Å². The van der Waals surface area contributed by atoms with Crippen molar-refractivity contribution in [1.29, 1.82) is 0 Å². The molecule has 3 rings (SSSR count). The molecule has 2 heterocycles. The van der Waals surface area contributed by atoms with Crippen LogP contribution in [0.4, 0.5) is 0 Å². The van der Waals surface area contributed by atoms with Crippen LogP contribution in [0.2, 0.25) is 0 Å². The molecular weight excluding hydrogens is 226 g/mol. The van der Waals surface area contributed by atoms with E-state index in [-0.39, 0.29) is 11.8 Å². The van der Waals surface area contributed by atoms with E-state index in [4.69, 9.17) is 0 Å². The van der Waals surface area contributed by atoms with E-state index in [1.807, 2.05) is 0 Å². The first-order valence-corrected chi connectivity index (χ1v) is 7.49. The maximum atomic E-state index is 12.2. The summed E-state index contributed by atoms with van der Waals surface area (Å²) in [5.74, 6) is 0.945. The number of piperidine rings is 1. The molecule has 4 nitrogen and oxygen atoms in total. The fraction of sp³-hybridized carbons (Fsp3) is 0.929. The van der Waals surface area contributed by atoms with Crippen molar-refractivity contribution in [3.63, 3.8) is 0 Å². The fourth-order valence-corrected chi connectivity index (χ4v) is 3.32. The van der Waals surface area contributed by atoms with E-state index in [0.29, 0.717) is 12.0 Å². The zero-order valence-electron chi connectivity index (χ0n) is 11.3. The molecule has 1 aliphatic carbocycles. The largest absolute Gasteiger partial charge is 0.353 e. The van der Waals surface area contributed by atoms with Gasteiger partial charge in [0.1, 0.15) is 0 Å². The fourth-order valence-electron chi connectivity index (χ4n) is 3.32. The lowest BCUT2D eigenvalue weighted by Gasteiger charge is -2.33. The molecule has 1 amide bonds. The minimum atomic E-state index is 0.187. The zero-order valence-corrected chi connectivity index (χ0v) is 11.3. The van der Waals surface area contributed by atoms with Crippen LogP contribution in [0.5, 0.6) is 0 Å². The van der Waals surface area contributed by atoms with Gasteiger partial charge >= 0.3 is 0 Å². The average Bonchev–Trinajstić information content (AvgIpc) is 3.12. The lowest BCUT2D eigenvalue weighted by molar-refractivity contribution is -0.126. The molecule has 0 aromatic carbocycles. The highest BCUT2D eigenvalue weighted by Crippen LogP contribution is 2.29. The summed E-state index contributed by atoms with van der Waals surface area (Å²) in [6, 6.07) is 1.29. The molecule has 2 N–H and O–H groups in total. The van der Waals surface area contributed by atoms with Crippen molar-refractivity contribution in [2.75, 3.05) is 26.2 Å². The standard InChI is InChI=1S/C14H25N3O/c1-10-8-15-9-13(10)14(18)16-11-4-6-17(7-5-11)12-2-3-12/h10-13,15H,2-9H2,1H3,(H,16,18). The van der Waals surface area contributed by atoms with E-state index in [2.05, 4.69) is 22.5 Å². The monoisotopic (exact) mass is 251 g/mol. The van der Waals surface area contributed by atoms with Crippen molar-refractivity contribution >= 4 is 5.91 Å². The Kier molecular flexibility index (Phi) is 3.57. The summed E-state index contributed by atoms with van der Waals surface area (Å²) in [6.07, 6.45) is 5.05. The first-order valence-electron chi connectivity index (χ1n) is 7.49. The number of likely N-dealkylation sites (tertiary alicyclic amines) is 1. The Bertz CT molecular complexity index is 308. The van der Waals surface area contributed by atoms with Gasteiger partial charge in [-0.2, -0.15) is 0 Å². The van der Waals surface area contributed by atoms with Gasteiger partial charge in [0.15, 0.2) is 0 Å². The van der Waals surface area contributed by atoms with Crippen LogP contribution in [0.1, 0.15) is 32.6 Å². The average molecular weight is 251 g/mol. The maximum Gasteiger partial charge on any atom is 0.224 e. The highest BCUT2D eigenvalue weighted by molar-refractivity contribution is 5.79. The zero-order chi connectivity index (χ0) is 12.5. The smallest absolute Gasteiger partial charge is 0.224 e. The number of hydrogen-bond acceptors (Lipinski definition) is 3. The second-order valence-corrected chi connectivity index (χ2v) is 6.29. The summed E-state index contributed by atoms with van der Waals surface area (Å²) < 4.78 is 0. The van der Waals surface area contributed by atoms with E-state index in [9.17, 15) is 4.79 Å². The Hall–Kier alpha value is -0.610. The van der Waals surface area contributed by atoms with E-state index < -0.39 is 0 Å². The van der Waals surface area contributed by atoms with E-state index in [1.54, 1.807) is 0 Å². The summed E-state index contributed by atoms with van der Waals surface area (Å²) >= 11 is 0. The van der Waals surface area contributed by atoms with Crippen LogP contribution in [0.25, 0.3) is 0 Å². The number of amides is 1. The normalized spacial score (nSPS) is 34.7. The van der Waals surface area contributed by atoms with Crippen molar-refractivity contribution in [2.45, 2.75) is 44.7 Å². The van der Waals surface area contributed by atoms with Crippen LogP contribution in [0.15, 0.2) is 0 Å². The van der Waals surface area contributed by atoms with Crippen LogP contribution in [-0.2, 0) is 4.79 Å². The second-order valence-electron chi connectivity index (χ2n) is 6.29. The number of carbonyl (C=O) groups excluding carboxylic acids is 1. The van der Waals surface area contributed by atoms with Crippen molar-refractivity contribution < 1.29 is 4.79 Å². The first kappa shape index (κ1) is 12.4. The predicted octanol–water partition coefficient (Wildman–Crippen LogP) is 0.585. The van der Waals surface area contributed by atoms with Crippen molar-refractivity contribution in [1.82, 2.24) is 15.5 Å². The Labute approximate surface area is 109 Å². The minimum absolute atomic E-state index is 0.187. The molecule has 0 aromatic heterocycles. The SMILES string of the molecule is CC1CNCC1C(=O)NC1CCN(C2CC2)CC1. The van der Waals surface area contributed by atoms with E-state index >= 15 is 0 Å². The van der Waals surface area contributed by atoms with Crippen LogP contribution < -0.4 is 10.6 Å². The third-order valence-corrected chi connectivity index (χ3v) is 4.79. The number of nitrogens with zero attached hydrogens (tertiary/aromatic N) is 1. The summed E-state index contributed by atoms with van der Waals surface area (Å²) in [4.78, 5) is 14.8. The van der Waals surface area contributed by atoms with Gasteiger partial charge in [0, 0.05) is 31.7 Å².